The van der Waals surface area contributed by atoms with E-state index in [4.69, 9.17) is 47.8 Å². The van der Waals surface area contributed by atoms with Crippen LogP contribution in [0.15, 0.2) is 45.3 Å². The maximum absolute atomic E-state index is 12.6. The van der Waals surface area contributed by atoms with E-state index in [0.29, 0.717) is 26.8 Å². The molecule has 0 aromatic heterocycles. The van der Waals surface area contributed by atoms with Crippen molar-refractivity contribution in [3.8, 4) is 0 Å². The van der Waals surface area contributed by atoms with Gasteiger partial charge in [0.05, 0.1) is 47.1 Å². The van der Waals surface area contributed by atoms with Crippen molar-refractivity contribution in [2.75, 3.05) is 19.7 Å². The fourth-order valence-electron chi connectivity index (χ4n) is 6.53. The number of hydrogen-bond acceptors (Lipinski definition) is 17. The Kier molecular flexibility index (Phi) is 29.9. The van der Waals surface area contributed by atoms with Crippen molar-refractivity contribution in [1.82, 2.24) is 10.6 Å². The minimum Gasteiger partial charge on any atom is -0.507 e. The van der Waals surface area contributed by atoms with Gasteiger partial charge >= 0.3 is 38.1 Å². The Morgan fingerprint density at radius 3 is 1.65 bits per heavy atom. The van der Waals surface area contributed by atoms with Crippen LogP contribution in [0.25, 0.3) is 0 Å². The summed E-state index contributed by atoms with van der Waals surface area (Å²) >= 11 is 18.5. The number of carbonyl (C=O) groups is 10. The number of aliphatic hydroxyl groups is 1. The Hall–Kier alpha value is -4.95. The number of amides is 2. The van der Waals surface area contributed by atoms with Crippen LogP contribution in [0.1, 0.15) is 101 Å². The highest BCUT2D eigenvalue weighted by Gasteiger charge is 2.57. The number of carbonyl (C=O) groups excluding carboxylic acids is 7. The fraction of sp³-hybridized carbons (Fsp3) is 0.488. The van der Waals surface area contributed by atoms with E-state index < -0.39 is 105 Å². The Balaban J connectivity index is 0.00000114. The van der Waals surface area contributed by atoms with E-state index in [0.717, 1.165) is 0 Å². The molecule has 1 fully saturated rings. The highest BCUT2D eigenvalue weighted by atomic mass is 79.9. The number of halogens is 4. The number of ether oxygens (including phenoxy) is 2. The van der Waals surface area contributed by atoms with Crippen molar-refractivity contribution in [1.29, 1.82) is 0 Å². The van der Waals surface area contributed by atoms with Gasteiger partial charge in [-0.25, -0.2) is 0 Å². The number of carboxylic acid groups (broad SMARTS) is 3. The van der Waals surface area contributed by atoms with Crippen LogP contribution in [0.4, 0.5) is 0 Å². The second-order valence-corrected chi connectivity index (χ2v) is 19.1. The van der Waals surface area contributed by atoms with Gasteiger partial charge in [0.25, 0.3) is 30.5 Å². The van der Waals surface area contributed by atoms with Crippen molar-refractivity contribution in [2.45, 2.75) is 103 Å². The summed E-state index contributed by atoms with van der Waals surface area (Å²) in [5.74, 6) is -10.2. The summed E-state index contributed by atoms with van der Waals surface area (Å²) in [4.78, 5) is 114. The molecule has 71 heavy (non-hydrogen) atoms. The number of rotatable bonds is 27. The average molecular weight is 1170 g/mol. The number of hydrogen-bond donors (Lipinski definition) is 8. The van der Waals surface area contributed by atoms with E-state index >= 15 is 0 Å². The minimum absolute atomic E-state index is 0. The molecule has 2 aromatic rings. The zero-order valence-electron chi connectivity index (χ0n) is 38.1. The number of aliphatic carboxylic acids is 3. The molecule has 1 heterocycles. The minimum atomic E-state index is -2.30. The third kappa shape index (κ3) is 24.8. The van der Waals surface area contributed by atoms with Crippen LogP contribution < -0.4 is 10.6 Å². The van der Waals surface area contributed by atoms with Gasteiger partial charge in [0.2, 0.25) is 0 Å². The van der Waals surface area contributed by atoms with Crippen LogP contribution in [0.3, 0.4) is 0 Å². The topological polar surface area (TPSA) is 353 Å². The molecule has 3 atom stereocenters. The quantitative estimate of drug-likeness (QED) is 0.0339. The summed E-state index contributed by atoms with van der Waals surface area (Å²) in [5.41, 5.74) is -1.72. The zero-order valence-corrected chi connectivity index (χ0v) is 42.7. The Morgan fingerprint density at radius 1 is 0.789 bits per heavy atom. The van der Waals surface area contributed by atoms with Gasteiger partial charge in [-0.15, -0.1) is 0 Å². The molecular weight excluding hydrogens is 1120 g/mol. The summed E-state index contributed by atoms with van der Waals surface area (Å²) < 4.78 is 20.3. The standard InChI is InChI=1S/C21H24BBrClNO9.C15H20BBrClNO4.C6H8O7.CH4/c1-11(2)5-12(22-33-20(32)21(34-22,8-17(27)28)9-18(29)30)6-14(26)10-25-19(31)15-7-13(23)3-4-16(15)24;1-9(2)5-10(16(22)23)6-12(20)8-19-15(21)13-7-11(17)3-4-14(13)18;7-3-12-2-6(11,13-4-8)1-5(9)10;/h3-4,7,11-12H,5-6,8-10H2,1-2H3,(H,25,31)(H,27,28)(H,29,30);3-4,7,9-10,22-23H,5-6,8H2,1-2H3,(H,19,21);3-4,11H,1-2H2,(H,9,10);1H4/t12-;10-;;/m11../s1. The van der Waals surface area contributed by atoms with Gasteiger partial charge in [-0.05, 0) is 61.1 Å². The molecule has 0 bridgehead atoms. The van der Waals surface area contributed by atoms with Crippen LogP contribution >= 0.6 is 55.1 Å². The van der Waals surface area contributed by atoms with Gasteiger partial charge in [0, 0.05) is 33.4 Å². The predicted molar refractivity (Wildman–Crippen MR) is 262 cm³/mol. The highest BCUT2D eigenvalue weighted by Crippen LogP contribution is 2.38. The van der Waals surface area contributed by atoms with E-state index in [9.17, 15) is 63.1 Å². The summed E-state index contributed by atoms with van der Waals surface area (Å²) in [6, 6.07) is 9.58. The first-order valence-corrected chi connectivity index (χ1v) is 23.2. The first kappa shape index (κ1) is 66.0. The lowest BCUT2D eigenvalue weighted by Gasteiger charge is -2.23. The summed E-state index contributed by atoms with van der Waals surface area (Å²) in [5, 5.41) is 59.9. The molecule has 0 radical (unpaired) electrons. The molecular formula is C43H56B2Br2Cl2N2O20. The third-order valence-corrected chi connectivity index (χ3v) is 11.1. The number of ketones is 2. The summed E-state index contributed by atoms with van der Waals surface area (Å²) in [7, 11) is -2.84. The maximum atomic E-state index is 12.6. The second kappa shape index (κ2) is 32.2. The van der Waals surface area contributed by atoms with Crippen LogP contribution in [-0.2, 0) is 57.1 Å². The molecule has 3 rings (SSSR count). The maximum Gasteiger partial charge on any atom is 0.531 e. The molecule has 0 spiro atoms. The van der Waals surface area contributed by atoms with Gasteiger partial charge in [-0.2, -0.15) is 0 Å². The van der Waals surface area contributed by atoms with Gasteiger partial charge in [0.15, 0.2) is 23.8 Å². The molecule has 0 saturated carbocycles. The zero-order chi connectivity index (χ0) is 53.5. The molecule has 0 aliphatic carbocycles. The summed E-state index contributed by atoms with van der Waals surface area (Å²) in [6.45, 7) is 6.27. The molecule has 1 aliphatic heterocycles. The SMILES string of the molecule is C.CC(C)C[C@H](CC(=O)CNC(=O)c1cc(Br)ccc1Cl)B(O)O.CC(C)C[C@H](CC(=O)CNC(=O)c1cc(Br)ccc1Cl)B1OC(=O)C(CC(=O)O)(CC(=O)O)O1.O=COCC(O)(CC(=O)O)OC=O. The largest absolute Gasteiger partial charge is 0.531 e. The summed E-state index contributed by atoms with van der Waals surface area (Å²) in [6.07, 6.45) is -1.90. The highest BCUT2D eigenvalue weighted by molar-refractivity contribution is 9.10. The second-order valence-electron chi connectivity index (χ2n) is 16.5. The van der Waals surface area contributed by atoms with Crippen molar-refractivity contribution in [3.05, 3.63) is 66.5 Å². The van der Waals surface area contributed by atoms with Crippen molar-refractivity contribution >= 4 is 130 Å². The number of carboxylic acids is 3. The van der Waals surface area contributed by atoms with Crippen LogP contribution in [0.2, 0.25) is 21.7 Å². The Labute approximate surface area is 436 Å². The molecule has 1 unspecified atom stereocenters. The smallest absolute Gasteiger partial charge is 0.507 e. The Morgan fingerprint density at radius 2 is 1.25 bits per heavy atom. The lowest BCUT2D eigenvalue weighted by atomic mass is 9.65. The first-order chi connectivity index (χ1) is 32.6. The monoisotopic (exact) mass is 1170 g/mol. The average Bonchev–Trinajstić information content (AvgIpc) is 3.55. The normalized spacial score (nSPS) is 14.0. The van der Waals surface area contributed by atoms with Crippen molar-refractivity contribution in [2.24, 2.45) is 11.8 Å². The van der Waals surface area contributed by atoms with E-state index in [2.05, 4.69) is 52.0 Å². The van der Waals surface area contributed by atoms with Gasteiger partial charge in [-0.3, -0.25) is 47.9 Å². The van der Waals surface area contributed by atoms with Crippen LogP contribution in [-0.4, -0.2) is 136 Å². The molecule has 28 heteroatoms. The van der Waals surface area contributed by atoms with Crippen molar-refractivity contribution in [3.63, 3.8) is 0 Å². The van der Waals surface area contributed by atoms with E-state index in [1.807, 2.05) is 27.7 Å². The molecule has 1 aliphatic rings. The van der Waals surface area contributed by atoms with E-state index in [1.54, 1.807) is 24.3 Å². The molecule has 22 nitrogen and oxygen atoms in total. The fourth-order valence-corrected chi connectivity index (χ4v) is 7.66. The lowest BCUT2D eigenvalue weighted by molar-refractivity contribution is -0.220. The van der Waals surface area contributed by atoms with Gasteiger partial charge in [0.1, 0.15) is 6.42 Å². The number of Topliss-reactive ketones (excluding diaryl/α,β-unsaturated/α-hetero) is 2. The molecule has 2 aromatic carbocycles. The van der Waals surface area contributed by atoms with Crippen LogP contribution in [0.5, 0.6) is 0 Å². The van der Waals surface area contributed by atoms with Crippen LogP contribution in [0, 0.1) is 11.8 Å². The van der Waals surface area contributed by atoms with Gasteiger partial charge < -0.3 is 59.9 Å². The van der Waals surface area contributed by atoms with E-state index in [1.165, 1.54) is 12.1 Å². The number of benzene rings is 2. The number of nitrogens with one attached hydrogen (secondary N) is 2. The van der Waals surface area contributed by atoms with Gasteiger partial charge in [-0.1, -0.05) is 90.2 Å². The molecule has 1 saturated heterocycles. The lowest BCUT2D eigenvalue weighted by Crippen LogP contribution is -2.42. The third-order valence-electron chi connectivity index (χ3n) is 9.46. The molecule has 8 N–H and O–H groups in total. The Bertz CT molecular complexity index is 2170. The molecule has 2 amide bonds. The predicted octanol–water partition coefficient (Wildman–Crippen LogP) is 4.77. The van der Waals surface area contributed by atoms with E-state index in [-0.39, 0.29) is 80.1 Å². The van der Waals surface area contributed by atoms with Crippen molar-refractivity contribution < 1.29 is 97.2 Å². The first-order valence-electron chi connectivity index (χ1n) is 20.9. The molecule has 392 valence electrons.